The molecule has 0 aliphatic carbocycles. The molecule has 0 saturated heterocycles. The van der Waals surface area contributed by atoms with Gasteiger partial charge in [0.25, 0.3) is 0 Å². The largest absolute Gasteiger partial charge is 0.489 e. The lowest BCUT2D eigenvalue weighted by atomic mass is 9.94. The van der Waals surface area contributed by atoms with Gasteiger partial charge in [0.2, 0.25) is 0 Å². The number of allylic oxidation sites excluding steroid dienone is 4. The van der Waals surface area contributed by atoms with Crippen molar-refractivity contribution in [2.75, 3.05) is 0 Å². The molecular formula is C30H36FNO2. The van der Waals surface area contributed by atoms with Gasteiger partial charge in [-0.1, -0.05) is 59.4 Å². The summed E-state index contributed by atoms with van der Waals surface area (Å²) in [6.45, 7) is 21.0. The number of halogens is 1. The van der Waals surface area contributed by atoms with Crippen molar-refractivity contribution in [3.05, 3.63) is 101 Å². The molecule has 0 aliphatic heterocycles. The molecule has 0 atom stereocenters. The van der Waals surface area contributed by atoms with Gasteiger partial charge in [0.15, 0.2) is 5.78 Å². The molecule has 0 amide bonds. The lowest BCUT2D eigenvalue weighted by Crippen LogP contribution is -2.02. The Morgan fingerprint density at radius 2 is 1.76 bits per heavy atom. The average molecular weight is 462 g/mol. The third kappa shape index (κ3) is 9.45. The number of rotatable bonds is 7. The van der Waals surface area contributed by atoms with Crippen molar-refractivity contribution >= 4 is 11.4 Å². The minimum absolute atomic E-state index is 0.00415. The highest BCUT2D eigenvalue weighted by molar-refractivity contribution is 6.20. The van der Waals surface area contributed by atoms with E-state index in [1.807, 2.05) is 39.8 Å². The second-order valence-electron chi connectivity index (χ2n) is 7.33. The van der Waals surface area contributed by atoms with Gasteiger partial charge < -0.3 is 4.74 Å². The summed E-state index contributed by atoms with van der Waals surface area (Å²) in [6.07, 6.45) is 2.96. The van der Waals surface area contributed by atoms with E-state index in [4.69, 9.17) is 10.00 Å². The number of hydrogen-bond acceptors (Lipinski definition) is 3. The van der Waals surface area contributed by atoms with Crippen molar-refractivity contribution in [2.45, 2.75) is 61.5 Å². The van der Waals surface area contributed by atoms with Gasteiger partial charge in [0.1, 0.15) is 18.2 Å². The molecule has 0 aromatic heterocycles. The normalized spacial score (nSPS) is 9.79. The second kappa shape index (κ2) is 16.0. The molecule has 0 saturated carbocycles. The molecule has 2 aromatic carbocycles. The number of benzene rings is 2. The molecule has 0 aliphatic rings. The Hall–Kier alpha value is -3.67. The smallest absolute Gasteiger partial charge is 0.160 e. The van der Waals surface area contributed by atoms with E-state index in [9.17, 15) is 9.18 Å². The van der Waals surface area contributed by atoms with Crippen LogP contribution in [0.15, 0.2) is 72.5 Å². The van der Waals surface area contributed by atoms with Gasteiger partial charge in [-0.3, -0.25) is 4.79 Å². The van der Waals surface area contributed by atoms with Crippen LogP contribution in [0.25, 0.3) is 5.57 Å². The maximum Gasteiger partial charge on any atom is 0.160 e. The van der Waals surface area contributed by atoms with E-state index < -0.39 is 5.82 Å². The number of aryl methyl sites for hydroxylation is 1. The van der Waals surface area contributed by atoms with Crippen molar-refractivity contribution in [1.82, 2.24) is 0 Å². The molecule has 2 aromatic rings. The number of carbonyl (C=O) groups excluding carboxylic acids is 1. The van der Waals surface area contributed by atoms with Crippen molar-refractivity contribution < 1.29 is 13.9 Å². The fourth-order valence-corrected chi connectivity index (χ4v) is 2.64. The number of ether oxygens (including phenoxy) is 1. The number of hydrogen-bond donors (Lipinski definition) is 0. The summed E-state index contributed by atoms with van der Waals surface area (Å²) in [5, 5.41) is 8.83. The third-order valence-corrected chi connectivity index (χ3v) is 4.52. The maximum absolute atomic E-state index is 14.1. The van der Waals surface area contributed by atoms with Crippen LogP contribution in [0.2, 0.25) is 0 Å². The van der Waals surface area contributed by atoms with E-state index in [2.05, 4.69) is 32.7 Å². The number of nitriles is 1. The van der Waals surface area contributed by atoms with Gasteiger partial charge in [-0.05, 0) is 73.4 Å². The Morgan fingerprint density at radius 3 is 2.26 bits per heavy atom. The standard InChI is InChI=1S/C25H22FNO2.C3H8.C2H6/c1-6-16(2)18(4)11-24(19(5)28)23-13-22(10-7-17(23)3)29-15-21-9-8-20(14-27)12-25(21)26;1-3-2;1-2/h7-13H,1,4,15H2,2-3,5H3;3H2,1-2H3;1-2H3/b24-11-;;. The molecule has 3 nitrogen and oxygen atoms in total. The van der Waals surface area contributed by atoms with Crippen LogP contribution in [0.5, 0.6) is 5.75 Å². The Morgan fingerprint density at radius 1 is 1.15 bits per heavy atom. The van der Waals surface area contributed by atoms with Crippen molar-refractivity contribution in [1.29, 1.82) is 5.26 Å². The molecule has 2 rings (SSSR count). The lowest BCUT2D eigenvalue weighted by Gasteiger charge is -2.13. The lowest BCUT2D eigenvalue weighted by molar-refractivity contribution is -0.111. The summed E-state index contributed by atoms with van der Waals surface area (Å²) in [6, 6.07) is 11.5. The number of carbonyl (C=O) groups is 1. The van der Waals surface area contributed by atoms with Gasteiger partial charge in [-0.15, -0.1) is 5.73 Å². The van der Waals surface area contributed by atoms with Gasteiger partial charge in [0, 0.05) is 11.1 Å². The molecule has 0 heterocycles. The number of ketones is 1. The minimum Gasteiger partial charge on any atom is -0.489 e. The first kappa shape index (κ1) is 30.3. The van der Waals surface area contributed by atoms with Gasteiger partial charge in [-0.25, -0.2) is 4.39 Å². The molecule has 0 radical (unpaired) electrons. The van der Waals surface area contributed by atoms with Gasteiger partial charge in [0.05, 0.1) is 11.6 Å². The molecule has 0 fully saturated rings. The Kier molecular flexibility index (Phi) is 14.3. The Labute approximate surface area is 204 Å². The van der Waals surface area contributed by atoms with Gasteiger partial charge >= 0.3 is 0 Å². The molecule has 180 valence electrons. The van der Waals surface area contributed by atoms with Crippen LogP contribution >= 0.6 is 0 Å². The van der Waals surface area contributed by atoms with Crippen LogP contribution in [-0.2, 0) is 11.4 Å². The zero-order valence-electron chi connectivity index (χ0n) is 21.5. The zero-order valence-corrected chi connectivity index (χ0v) is 21.5. The van der Waals surface area contributed by atoms with E-state index in [1.165, 1.54) is 25.5 Å². The molecule has 34 heavy (non-hydrogen) atoms. The van der Waals surface area contributed by atoms with Crippen LogP contribution in [0.3, 0.4) is 0 Å². The molecule has 0 unspecified atom stereocenters. The van der Waals surface area contributed by atoms with E-state index in [1.54, 1.807) is 24.3 Å². The summed E-state index contributed by atoms with van der Waals surface area (Å²) in [4.78, 5) is 12.3. The van der Waals surface area contributed by atoms with Gasteiger partial charge in [-0.2, -0.15) is 5.26 Å². The first-order chi connectivity index (χ1) is 16.2. The van der Waals surface area contributed by atoms with E-state index in [0.717, 1.165) is 11.1 Å². The first-order valence-electron chi connectivity index (χ1n) is 11.4. The minimum atomic E-state index is -0.497. The molecule has 0 bridgehead atoms. The predicted octanol–water partition coefficient (Wildman–Crippen LogP) is 8.29. The van der Waals surface area contributed by atoms with Crippen molar-refractivity contribution in [3.8, 4) is 11.8 Å². The predicted molar refractivity (Wildman–Crippen MR) is 140 cm³/mol. The Balaban J connectivity index is 0.00000201. The third-order valence-electron chi connectivity index (χ3n) is 4.52. The van der Waals surface area contributed by atoms with Crippen molar-refractivity contribution in [2.24, 2.45) is 0 Å². The monoisotopic (exact) mass is 461 g/mol. The van der Waals surface area contributed by atoms with E-state index in [0.29, 0.717) is 28.0 Å². The summed E-state index contributed by atoms with van der Waals surface area (Å²) in [5.74, 6) is -0.104. The fourth-order valence-electron chi connectivity index (χ4n) is 2.64. The topological polar surface area (TPSA) is 50.1 Å². The maximum atomic E-state index is 14.1. The second-order valence-corrected chi connectivity index (χ2v) is 7.33. The summed E-state index contributed by atoms with van der Waals surface area (Å²) in [7, 11) is 0. The quantitative estimate of drug-likeness (QED) is 0.237. The highest BCUT2D eigenvalue weighted by atomic mass is 19.1. The Bertz CT molecular complexity index is 1110. The molecular weight excluding hydrogens is 425 g/mol. The fraction of sp³-hybridized carbons (Fsp3) is 0.300. The van der Waals surface area contributed by atoms with Crippen LogP contribution < -0.4 is 4.74 Å². The van der Waals surface area contributed by atoms with Crippen LogP contribution in [0.1, 0.15) is 70.2 Å². The summed E-state index contributed by atoms with van der Waals surface area (Å²) < 4.78 is 19.8. The highest BCUT2D eigenvalue weighted by Crippen LogP contribution is 2.27. The highest BCUT2D eigenvalue weighted by Gasteiger charge is 2.13. The molecule has 4 heteroatoms. The molecule has 0 N–H and O–H groups in total. The van der Waals surface area contributed by atoms with E-state index in [-0.39, 0.29) is 18.0 Å². The van der Waals surface area contributed by atoms with Crippen LogP contribution in [0, 0.1) is 24.1 Å². The van der Waals surface area contributed by atoms with Crippen LogP contribution in [-0.4, -0.2) is 5.78 Å². The zero-order chi connectivity index (χ0) is 26.3. The number of Topliss-reactive ketones (excluding diaryl/α,β-unsaturated/α-hetero) is 1. The summed E-state index contributed by atoms with van der Waals surface area (Å²) in [5.41, 5.74) is 6.88. The average Bonchev–Trinajstić information content (AvgIpc) is 2.83. The number of nitrogens with zero attached hydrogens (tertiary/aromatic N) is 1. The first-order valence-corrected chi connectivity index (χ1v) is 11.4. The SMILES string of the molecule is C=C=C(C)C(=C)/C=C(/C(C)=O)c1cc(OCc2ccc(C#N)cc2F)ccc1C.CC.CCC. The van der Waals surface area contributed by atoms with Crippen molar-refractivity contribution in [3.63, 3.8) is 0 Å². The molecule has 0 spiro atoms. The summed E-state index contributed by atoms with van der Waals surface area (Å²) >= 11 is 0. The van der Waals surface area contributed by atoms with E-state index >= 15 is 0 Å². The van der Waals surface area contributed by atoms with Crippen LogP contribution in [0.4, 0.5) is 4.39 Å².